The molecule has 5 rings (SSSR count). The fraction of sp³-hybridized carbons (Fsp3) is 0.346. The highest BCUT2D eigenvalue weighted by atomic mass is 35.5. The Kier molecular flexibility index (Phi) is 7.47. The first-order valence-electron chi connectivity index (χ1n) is 11.5. The van der Waals surface area contributed by atoms with Gasteiger partial charge in [0.15, 0.2) is 0 Å². The van der Waals surface area contributed by atoms with E-state index >= 15 is 0 Å². The Hall–Kier alpha value is -2.02. The average Bonchev–Trinajstić information content (AvgIpc) is 2.86. The molecule has 2 aliphatic heterocycles. The van der Waals surface area contributed by atoms with Crippen LogP contribution in [0.1, 0.15) is 17.2 Å². The first-order chi connectivity index (χ1) is 16.6. The zero-order valence-corrected chi connectivity index (χ0v) is 21.1. The molecular weight excluding hydrogens is 491 g/mol. The van der Waals surface area contributed by atoms with Gasteiger partial charge >= 0.3 is 0 Å². The van der Waals surface area contributed by atoms with Crippen LogP contribution in [0.15, 0.2) is 60.8 Å². The Morgan fingerprint density at radius 3 is 2.32 bits per heavy atom. The van der Waals surface area contributed by atoms with Crippen LogP contribution in [0.3, 0.4) is 0 Å². The summed E-state index contributed by atoms with van der Waals surface area (Å²) < 4.78 is 5.45. The summed E-state index contributed by atoms with van der Waals surface area (Å²) in [6, 6.07) is 18.3. The van der Waals surface area contributed by atoms with E-state index in [1.165, 1.54) is 11.1 Å². The number of anilines is 2. The fourth-order valence-corrected chi connectivity index (χ4v) is 5.35. The van der Waals surface area contributed by atoms with Crippen molar-refractivity contribution in [2.45, 2.75) is 12.6 Å². The molecule has 0 spiro atoms. The molecule has 178 valence electrons. The second-order valence-corrected chi connectivity index (χ2v) is 10.00. The van der Waals surface area contributed by atoms with Crippen LogP contribution in [0.5, 0.6) is 0 Å². The molecule has 3 heterocycles. The highest BCUT2D eigenvalue weighted by Gasteiger charge is 2.30. The molecule has 0 radical (unpaired) electrons. The third kappa shape index (κ3) is 5.45. The summed E-state index contributed by atoms with van der Waals surface area (Å²) in [5.74, 6) is 1.02. The van der Waals surface area contributed by atoms with Gasteiger partial charge in [0.05, 0.1) is 30.0 Å². The molecule has 1 unspecified atom stereocenters. The van der Waals surface area contributed by atoms with E-state index in [1.807, 2.05) is 36.5 Å². The molecule has 0 saturated carbocycles. The summed E-state index contributed by atoms with van der Waals surface area (Å²) >= 11 is 18.9. The van der Waals surface area contributed by atoms with Gasteiger partial charge in [-0.3, -0.25) is 4.90 Å². The van der Waals surface area contributed by atoms with Gasteiger partial charge in [0.2, 0.25) is 0 Å². The molecule has 2 fully saturated rings. The van der Waals surface area contributed by atoms with Crippen molar-refractivity contribution in [2.75, 3.05) is 55.7 Å². The number of pyridine rings is 1. The number of halogens is 3. The second-order valence-electron chi connectivity index (χ2n) is 8.72. The van der Waals surface area contributed by atoms with Crippen molar-refractivity contribution in [1.29, 1.82) is 0 Å². The lowest BCUT2D eigenvalue weighted by atomic mass is 10.0. The van der Waals surface area contributed by atoms with Crippen LogP contribution < -0.4 is 9.80 Å². The number of benzene rings is 2. The quantitative estimate of drug-likeness (QED) is 0.418. The minimum atomic E-state index is 0.144. The standard InChI is InChI=1S/C26H27Cl3N4O/c27-21-4-2-20(3-5-21)25-18-31(9-10-33(25)24-7-6-22(28)15-23(24)29)17-19-1-8-26(30-16-19)32-11-13-34-14-12-32/h1-8,15-16,25H,9-14,17-18H2. The van der Waals surface area contributed by atoms with Crippen molar-refractivity contribution in [3.8, 4) is 0 Å². The van der Waals surface area contributed by atoms with Crippen LogP contribution in [0.4, 0.5) is 11.5 Å². The van der Waals surface area contributed by atoms with Gasteiger partial charge in [-0.25, -0.2) is 4.98 Å². The van der Waals surface area contributed by atoms with Gasteiger partial charge in [-0.05, 0) is 47.5 Å². The molecule has 2 aromatic carbocycles. The van der Waals surface area contributed by atoms with Crippen LogP contribution in [0.2, 0.25) is 15.1 Å². The van der Waals surface area contributed by atoms with E-state index in [0.29, 0.717) is 10.0 Å². The Morgan fingerprint density at radius 2 is 1.62 bits per heavy atom. The third-order valence-corrected chi connectivity index (χ3v) is 7.28. The summed E-state index contributed by atoms with van der Waals surface area (Å²) in [6.07, 6.45) is 2.00. The van der Waals surface area contributed by atoms with Crippen LogP contribution in [0, 0.1) is 0 Å². The van der Waals surface area contributed by atoms with Crippen molar-refractivity contribution in [2.24, 2.45) is 0 Å². The number of piperazine rings is 1. The molecular formula is C26H27Cl3N4O. The van der Waals surface area contributed by atoms with E-state index in [2.05, 4.69) is 39.0 Å². The van der Waals surface area contributed by atoms with Crippen molar-refractivity contribution in [1.82, 2.24) is 9.88 Å². The normalized spacial score (nSPS) is 19.4. The second kappa shape index (κ2) is 10.7. The van der Waals surface area contributed by atoms with Gasteiger partial charge in [-0.1, -0.05) is 53.0 Å². The number of aromatic nitrogens is 1. The number of morpholine rings is 1. The smallest absolute Gasteiger partial charge is 0.128 e. The van der Waals surface area contributed by atoms with E-state index in [-0.39, 0.29) is 6.04 Å². The number of rotatable bonds is 5. The Labute approximate surface area is 215 Å². The Morgan fingerprint density at radius 1 is 0.853 bits per heavy atom. The summed E-state index contributed by atoms with van der Waals surface area (Å²) in [5, 5.41) is 2.05. The maximum atomic E-state index is 6.60. The van der Waals surface area contributed by atoms with Crippen LogP contribution in [-0.2, 0) is 11.3 Å². The van der Waals surface area contributed by atoms with E-state index in [0.717, 1.165) is 69.0 Å². The first-order valence-corrected chi connectivity index (χ1v) is 12.7. The maximum Gasteiger partial charge on any atom is 0.128 e. The summed E-state index contributed by atoms with van der Waals surface area (Å²) in [6.45, 7) is 6.81. The van der Waals surface area contributed by atoms with E-state index in [1.54, 1.807) is 0 Å². The van der Waals surface area contributed by atoms with Crippen LogP contribution >= 0.6 is 34.8 Å². The predicted molar refractivity (Wildman–Crippen MR) is 141 cm³/mol. The molecule has 2 saturated heterocycles. The van der Waals surface area contributed by atoms with Crippen LogP contribution in [0.25, 0.3) is 0 Å². The SMILES string of the molecule is Clc1ccc(C2CN(Cc3ccc(N4CCOCC4)nc3)CCN2c2ccc(Cl)cc2Cl)cc1. The van der Waals surface area contributed by atoms with Gasteiger partial charge in [-0.2, -0.15) is 0 Å². The van der Waals surface area contributed by atoms with E-state index in [4.69, 9.17) is 44.5 Å². The van der Waals surface area contributed by atoms with Gasteiger partial charge in [0.25, 0.3) is 0 Å². The zero-order valence-electron chi connectivity index (χ0n) is 18.8. The van der Waals surface area contributed by atoms with Gasteiger partial charge in [-0.15, -0.1) is 0 Å². The van der Waals surface area contributed by atoms with E-state index < -0.39 is 0 Å². The number of hydrogen-bond acceptors (Lipinski definition) is 5. The van der Waals surface area contributed by atoms with Gasteiger partial charge in [0, 0.05) is 55.5 Å². The van der Waals surface area contributed by atoms with Gasteiger partial charge in [0.1, 0.15) is 5.82 Å². The van der Waals surface area contributed by atoms with Crippen molar-refractivity contribution >= 4 is 46.3 Å². The molecule has 1 aromatic heterocycles. The lowest BCUT2D eigenvalue weighted by Crippen LogP contribution is -2.48. The zero-order chi connectivity index (χ0) is 23.5. The molecule has 5 nitrogen and oxygen atoms in total. The number of hydrogen-bond donors (Lipinski definition) is 0. The first kappa shape index (κ1) is 23.7. The molecule has 0 N–H and O–H groups in total. The molecule has 0 bridgehead atoms. The highest BCUT2D eigenvalue weighted by molar-refractivity contribution is 6.36. The molecule has 0 aliphatic carbocycles. The molecule has 34 heavy (non-hydrogen) atoms. The minimum absolute atomic E-state index is 0.144. The summed E-state index contributed by atoms with van der Waals surface area (Å²) in [7, 11) is 0. The average molecular weight is 518 g/mol. The Balaban J connectivity index is 1.34. The third-order valence-electron chi connectivity index (χ3n) is 6.49. The monoisotopic (exact) mass is 516 g/mol. The van der Waals surface area contributed by atoms with Crippen molar-refractivity contribution < 1.29 is 4.74 Å². The lowest BCUT2D eigenvalue weighted by molar-refractivity contribution is 0.122. The molecule has 0 amide bonds. The topological polar surface area (TPSA) is 31.8 Å². The number of nitrogens with zero attached hydrogens (tertiary/aromatic N) is 4. The minimum Gasteiger partial charge on any atom is -0.378 e. The van der Waals surface area contributed by atoms with Gasteiger partial charge < -0.3 is 14.5 Å². The Bertz CT molecular complexity index is 1100. The fourth-order valence-electron chi connectivity index (χ4n) is 4.70. The largest absolute Gasteiger partial charge is 0.378 e. The van der Waals surface area contributed by atoms with Crippen molar-refractivity contribution in [3.05, 3.63) is 87.0 Å². The van der Waals surface area contributed by atoms with E-state index in [9.17, 15) is 0 Å². The molecule has 3 aromatic rings. The van der Waals surface area contributed by atoms with Crippen LogP contribution in [-0.4, -0.2) is 55.8 Å². The molecule has 2 aliphatic rings. The summed E-state index contributed by atoms with van der Waals surface area (Å²) in [5.41, 5.74) is 3.42. The predicted octanol–water partition coefficient (Wildman–Crippen LogP) is 5.94. The lowest BCUT2D eigenvalue weighted by Gasteiger charge is -2.43. The summed E-state index contributed by atoms with van der Waals surface area (Å²) in [4.78, 5) is 11.9. The number of ether oxygens (including phenoxy) is 1. The van der Waals surface area contributed by atoms with Crippen molar-refractivity contribution in [3.63, 3.8) is 0 Å². The molecule has 1 atom stereocenters. The maximum absolute atomic E-state index is 6.60. The molecule has 8 heteroatoms. The highest BCUT2D eigenvalue weighted by Crippen LogP contribution is 2.37.